The van der Waals surface area contributed by atoms with E-state index in [0.717, 1.165) is 4.57 Å². The van der Waals surface area contributed by atoms with Crippen LogP contribution in [0.4, 0.5) is 13.2 Å². The van der Waals surface area contributed by atoms with Gasteiger partial charge in [-0.15, -0.1) is 10.2 Å². The van der Waals surface area contributed by atoms with Gasteiger partial charge in [0.2, 0.25) is 5.28 Å². The van der Waals surface area contributed by atoms with E-state index in [1.165, 1.54) is 6.92 Å². The lowest BCUT2D eigenvalue weighted by Gasteiger charge is -2.21. The number of halogens is 4. The average molecular weight is 226 g/mol. The monoisotopic (exact) mass is 225 g/mol. The Morgan fingerprint density at radius 2 is 1.93 bits per heavy atom. The van der Waals surface area contributed by atoms with Crippen molar-refractivity contribution in [3.8, 4) is 0 Å². The van der Waals surface area contributed by atoms with Gasteiger partial charge in [-0.05, 0) is 31.4 Å². The molecule has 2 rings (SSSR count). The van der Waals surface area contributed by atoms with Crippen LogP contribution in [0.25, 0.3) is 0 Å². The quantitative estimate of drug-likeness (QED) is 0.734. The molecule has 1 aromatic heterocycles. The van der Waals surface area contributed by atoms with E-state index in [1.807, 2.05) is 0 Å². The van der Waals surface area contributed by atoms with Gasteiger partial charge in [0.1, 0.15) is 11.4 Å². The molecule has 0 unspecified atom stereocenters. The molecule has 0 radical (unpaired) electrons. The molecule has 14 heavy (non-hydrogen) atoms. The minimum Gasteiger partial charge on any atom is -0.287 e. The molecule has 0 atom stereocenters. The van der Waals surface area contributed by atoms with Crippen molar-refractivity contribution in [2.75, 3.05) is 0 Å². The van der Waals surface area contributed by atoms with E-state index < -0.39 is 11.7 Å². The van der Waals surface area contributed by atoms with E-state index in [9.17, 15) is 13.2 Å². The second kappa shape index (κ2) is 2.62. The van der Waals surface area contributed by atoms with Crippen LogP contribution in [0, 0.1) is 6.92 Å². The van der Waals surface area contributed by atoms with Crippen LogP contribution in [-0.2, 0) is 5.54 Å². The molecular formula is C7H7ClF3N3. The normalized spacial score (nSPS) is 19.8. The summed E-state index contributed by atoms with van der Waals surface area (Å²) < 4.78 is 39.0. The number of aromatic nitrogens is 3. The van der Waals surface area contributed by atoms with Gasteiger partial charge in [-0.3, -0.25) is 4.57 Å². The van der Waals surface area contributed by atoms with Gasteiger partial charge in [0, 0.05) is 0 Å². The molecule has 1 heterocycles. The van der Waals surface area contributed by atoms with Crippen molar-refractivity contribution in [1.82, 2.24) is 14.8 Å². The van der Waals surface area contributed by atoms with Crippen molar-refractivity contribution in [3.63, 3.8) is 0 Å². The molecule has 0 bridgehead atoms. The Labute approximate surface area is 82.9 Å². The fraction of sp³-hybridized carbons (Fsp3) is 0.714. The van der Waals surface area contributed by atoms with E-state index in [-0.39, 0.29) is 23.9 Å². The standard InChI is InChI=1S/C7H7ClF3N3/c1-4-12-13-5(8)14(4)6(2-3-6)7(9,10)11/h2-3H2,1H3. The van der Waals surface area contributed by atoms with Crippen LogP contribution in [-0.4, -0.2) is 20.9 Å². The number of aryl methyl sites for hydroxylation is 1. The van der Waals surface area contributed by atoms with E-state index in [1.54, 1.807) is 0 Å². The molecule has 1 aromatic rings. The zero-order chi connectivity index (χ0) is 10.6. The Balaban J connectivity index is 2.50. The summed E-state index contributed by atoms with van der Waals surface area (Å²) in [5.41, 5.74) is -1.85. The van der Waals surface area contributed by atoms with E-state index in [0.29, 0.717) is 0 Å². The van der Waals surface area contributed by atoms with Crippen LogP contribution < -0.4 is 0 Å². The first-order valence-corrected chi connectivity index (χ1v) is 4.41. The van der Waals surface area contributed by atoms with Crippen LogP contribution >= 0.6 is 11.6 Å². The molecule has 3 nitrogen and oxygen atoms in total. The molecule has 0 aliphatic heterocycles. The number of hydrogen-bond acceptors (Lipinski definition) is 2. The molecule has 1 saturated carbocycles. The largest absolute Gasteiger partial charge is 0.412 e. The van der Waals surface area contributed by atoms with Gasteiger partial charge >= 0.3 is 6.18 Å². The summed E-state index contributed by atoms with van der Waals surface area (Å²) in [5, 5.41) is 6.73. The molecular weight excluding hydrogens is 219 g/mol. The van der Waals surface area contributed by atoms with Crippen molar-refractivity contribution in [2.24, 2.45) is 0 Å². The van der Waals surface area contributed by atoms with Crippen molar-refractivity contribution in [3.05, 3.63) is 11.1 Å². The third kappa shape index (κ3) is 1.13. The lowest BCUT2D eigenvalue weighted by molar-refractivity contribution is -0.180. The van der Waals surface area contributed by atoms with E-state index >= 15 is 0 Å². The first-order valence-electron chi connectivity index (χ1n) is 4.03. The van der Waals surface area contributed by atoms with Gasteiger partial charge in [-0.25, -0.2) is 0 Å². The summed E-state index contributed by atoms with van der Waals surface area (Å²) in [6, 6.07) is 0. The first kappa shape index (κ1) is 9.76. The zero-order valence-corrected chi connectivity index (χ0v) is 8.02. The minimum absolute atomic E-state index is 0.0507. The van der Waals surface area contributed by atoms with Gasteiger partial charge in [0.05, 0.1) is 0 Å². The van der Waals surface area contributed by atoms with Gasteiger partial charge in [-0.2, -0.15) is 13.2 Å². The zero-order valence-electron chi connectivity index (χ0n) is 7.27. The van der Waals surface area contributed by atoms with Crippen LogP contribution in [0.5, 0.6) is 0 Å². The second-order valence-electron chi connectivity index (χ2n) is 3.38. The van der Waals surface area contributed by atoms with Crippen molar-refractivity contribution < 1.29 is 13.2 Å². The number of hydrogen-bond donors (Lipinski definition) is 0. The molecule has 0 aromatic carbocycles. The number of nitrogens with zero attached hydrogens (tertiary/aromatic N) is 3. The maximum atomic E-state index is 12.7. The predicted octanol–water partition coefficient (Wildman–Crippen LogP) is 2.29. The second-order valence-corrected chi connectivity index (χ2v) is 3.72. The predicted molar refractivity (Wildman–Crippen MR) is 43.0 cm³/mol. The highest BCUT2D eigenvalue weighted by Gasteiger charge is 2.66. The van der Waals surface area contributed by atoms with Crippen LogP contribution in [0.3, 0.4) is 0 Å². The van der Waals surface area contributed by atoms with Crippen LogP contribution in [0.15, 0.2) is 0 Å². The highest BCUT2D eigenvalue weighted by molar-refractivity contribution is 6.28. The molecule has 0 amide bonds. The van der Waals surface area contributed by atoms with Gasteiger partial charge in [0.15, 0.2) is 0 Å². The maximum absolute atomic E-state index is 12.7. The fourth-order valence-electron chi connectivity index (χ4n) is 1.58. The molecule has 78 valence electrons. The smallest absolute Gasteiger partial charge is 0.287 e. The Kier molecular flexibility index (Phi) is 1.83. The van der Waals surface area contributed by atoms with Gasteiger partial charge in [0.25, 0.3) is 0 Å². The Hall–Kier alpha value is -0.780. The van der Waals surface area contributed by atoms with Crippen LogP contribution in [0.2, 0.25) is 5.28 Å². The van der Waals surface area contributed by atoms with Crippen molar-refractivity contribution >= 4 is 11.6 Å². The summed E-state index contributed by atoms with van der Waals surface area (Å²) in [6.45, 7) is 1.46. The molecule has 0 spiro atoms. The van der Waals surface area contributed by atoms with Crippen molar-refractivity contribution in [2.45, 2.75) is 31.5 Å². The Bertz CT molecular complexity index is 347. The molecule has 7 heteroatoms. The summed E-state index contributed by atoms with van der Waals surface area (Å²) in [7, 11) is 0. The Morgan fingerprint density at radius 3 is 2.21 bits per heavy atom. The minimum atomic E-state index is -4.29. The lowest BCUT2D eigenvalue weighted by Crippen LogP contribution is -2.35. The van der Waals surface area contributed by atoms with Crippen molar-refractivity contribution in [1.29, 1.82) is 0 Å². The molecule has 1 fully saturated rings. The summed E-state index contributed by atoms with van der Waals surface area (Å²) in [4.78, 5) is 0. The first-order chi connectivity index (χ1) is 6.38. The number of rotatable bonds is 1. The van der Waals surface area contributed by atoms with E-state index in [2.05, 4.69) is 10.2 Å². The topological polar surface area (TPSA) is 30.7 Å². The molecule has 1 aliphatic rings. The third-order valence-corrected chi connectivity index (χ3v) is 2.71. The van der Waals surface area contributed by atoms with Gasteiger partial charge < -0.3 is 0 Å². The van der Waals surface area contributed by atoms with Gasteiger partial charge in [-0.1, -0.05) is 0 Å². The van der Waals surface area contributed by atoms with E-state index in [4.69, 9.17) is 11.6 Å². The lowest BCUT2D eigenvalue weighted by atomic mass is 10.2. The molecule has 1 aliphatic carbocycles. The average Bonchev–Trinajstić information content (AvgIpc) is 2.76. The molecule has 0 N–H and O–H groups in total. The highest BCUT2D eigenvalue weighted by Crippen LogP contribution is 2.56. The molecule has 0 saturated heterocycles. The third-order valence-electron chi connectivity index (χ3n) is 2.46. The summed E-state index contributed by atoms with van der Waals surface area (Å²) in [5.74, 6) is 0.199. The SMILES string of the molecule is Cc1nnc(Cl)n1C1(C(F)(F)F)CC1. The fourth-order valence-corrected chi connectivity index (χ4v) is 1.90. The number of alkyl halides is 3. The maximum Gasteiger partial charge on any atom is 0.412 e. The van der Waals surface area contributed by atoms with Crippen LogP contribution in [0.1, 0.15) is 18.7 Å². The summed E-state index contributed by atoms with van der Waals surface area (Å²) >= 11 is 5.56. The summed E-state index contributed by atoms with van der Waals surface area (Å²) in [6.07, 6.45) is -4.19. The highest BCUT2D eigenvalue weighted by atomic mass is 35.5. The Morgan fingerprint density at radius 1 is 1.36 bits per heavy atom.